The number of benzene rings is 1. The fourth-order valence-electron chi connectivity index (χ4n) is 8.88. The number of carbonyl (C=O) groups is 13. The van der Waals surface area contributed by atoms with Gasteiger partial charge in [0.1, 0.15) is 47.8 Å². The largest absolute Gasteiger partial charge is 0.481 e. The molecule has 0 saturated heterocycles. The van der Waals surface area contributed by atoms with Crippen LogP contribution in [0.2, 0.25) is 0 Å². The van der Waals surface area contributed by atoms with Crippen LogP contribution in [0.15, 0.2) is 29.3 Å². The highest BCUT2D eigenvalue weighted by Gasteiger charge is 2.44. The van der Waals surface area contributed by atoms with Crippen molar-refractivity contribution in [1.29, 1.82) is 0 Å². The van der Waals surface area contributed by atoms with Crippen LogP contribution >= 0.6 is 0 Å². The third kappa shape index (κ3) is 23.8. The number of aliphatic hydroxyl groups is 1. The molecule has 22 N–H and O–H groups in total. The van der Waals surface area contributed by atoms with Crippen LogP contribution in [-0.2, 0) is 75.2 Å². The average molecular weight is 1190 g/mol. The van der Waals surface area contributed by atoms with Gasteiger partial charge >= 0.3 is 11.9 Å². The van der Waals surface area contributed by atoms with Crippen molar-refractivity contribution in [2.24, 2.45) is 51.4 Å². The zero-order valence-electron chi connectivity index (χ0n) is 48.2. The maximum atomic E-state index is 14.3. The molecule has 31 nitrogen and oxygen atoms in total. The molecule has 31 heteroatoms. The molecular formula is C53H85N15O16. The van der Waals surface area contributed by atoms with E-state index in [2.05, 4.69) is 52.8 Å². The molecule has 0 unspecified atom stereocenters. The highest BCUT2D eigenvalue weighted by Crippen LogP contribution is 2.29. The third-order valence-electron chi connectivity index (χ3n) is 14.0. The number of nitrogens with two attached hydrogens (primary N) is 5. The van der Waals surface area contributed by atoms with E-state index in [0.29, 0.717) is 12.8 Å². The van der Waals surface area contributed by atoms with Gasteiger partial charge in [-0.1, -0.05) is 78.6 Å². The first kappa shape index (κ1) is 71.6. The monoisotopic (exact) mass is 1190 g/mol. The molecule has 0 aliphatic heterocycles. The third-order valence-corrected chi connectivity index (χ3v) is 14.0. The number of nitrogens with one attached hydrogen (secondary N) is 9. The molecule has 468 valence electrons. The Morgan fingerprint density at radius 1 is 0.619 bits per heavy atom. The number of fused-ring (bicyclic) bond motifs is 1. The highest BCUT2D eigenvalue weighted by atomic mass is 16.4. The van der Waals surface area contributed by atoms with E-state index in [1.54, 1.807) is 46.8 Å². The van der Waals surface area contributed by atoms with Crippen LogP contribution in [0.5, 0.6) is 0 Å². The SMILES string of the molecule is CC[C@H](C)[C@H](NC(=O)CNC(=O)[C@@]1(NC(=O)[C@@H](N)CC(=O)O)CCc2ccccc2C1)C(=O)N[C@@H](CC(C)C)C(=O)N[C@@H](CCC(N)=O)C(=O)N[C@H](C(=O)N[C@@H](CC(N)=O)C(=O)N[C@@H](CO)C(=O)N[C@@H](CCCN=C(N)N)C(=O)O)[C@@H](C)CC. The normalized spacial score (nSPS) is 17.1. The van der Waals surface area contributed by atoms with E-state index in [0.717, 1.165) is 11.1 Å². The van der Waals surface area contributed by atoms with Gasteiger partial charge in [-0.3, -0.25) is 62.5 Å². The number of nitrogens with zero attached hydrogens (tertiary/aromatic N) is 1. The molecule has 11 amide bonds. The van der Waals surface area contributed by atoms with E-state index in [1.165, 1.54) is 6.92 Å². The second-order valence-electron chi connectivity index (χ2n) is 21.3. The van der Waals surface area contributed by atoms with Crippen LogP contribution < -0.4 is 76.5 Å². The second kappa shape index (κ2) is 34.8. The molecular weight excluding hydrogens is 1100 g/mol. The molecule has 1 aliphatic rings. The van der Waals surface area contributed by atoms with Gasteiger partial charge in [0.05, 0.1) is 32.0 Å². The lowest BCUT2D eigenvalue weighted by atomic mass is 9.77. The summed E-state index contributed by atoms with van der Waals surface area (Å²) in [7, 11) is 0. The maximum Gasteiger partial charge on any atom is 0.326 e. The van der Waals surface area contributed by atoms with E-state index in [4.69, 9.17) is 28.7 Å². The Balaban J connectivity index is 2.35. The molecule has 1 aliphatic carbocycles. The van der Waals surface area contributed by atoms with Crippen LogP contribution in [-0.4, -0.2) is 172 Å². The minimum absolute atomic E-state index is 0.0121. The van der Waals surface area contributed by atoms with E-state index in [1.807, 2.05) is 12.1 Å². The molecule has 0 fully saturated rings. The number of primary amides is 2. The summed E-state index contributed by atoms with van der Waals surface area (Å²) >= 11 is 0. The standard InChI is InChI=1S/C53H85N15O16/c1-7-27(5)41(66-39(72)24-60-51(84)53(68-43(75)31(54)21-40(73)74)18-17-29-12-9-10-13-30(29)23-53)48(80)63-34(20-26(3)4)45(77)61-32(15-16-37(55)70)44(76)67-42(28(6)8-2)49(81)64-35(22-38(56)71)46(78)65-36(25-69)47(79)62-33(50(82)83)14-11-19-59-52(57)58/h9-10,12-13,26-28,31-36,41-42,69H,7-8,11,14-25,54H2,1-6H3,(H2,55,70)(H2,56,71)(H,60,84)(H,61,77)(H,62,79)(H,63,80)(H,64,81)(H,65,78)(H,66,72)(H,67,76)(H,68,75)(H,73,74)(H,82,83)(H4,57,58,59)/t27-,28-,31-,32-,33-,34-,35-,36-,41-,42-,53+/m0/s1. The second-order valence-corrected chi connectivity index (χ2v) is 21.3. The number of guanidine groups is 1. The number of aryl methyl sites for hydroxylation is 1. The summed E-state index contributed by atoms with van der Waals surface area (Å²) in [5, 5.41) is 51.0. The van der Waals surface area contributed by atoms with Gasteiger partial charge in [-0.25, -0.2) is 4.79 Å². The first-order valence-electron chi connectivity index (χ1n) is 27.6. The van der Waals surface area contributed by atoms with E-state index in [9.17, 15) is 77.6 Å². The Bertz CT molecular complexity index is 2560. The van der Waals surface area contributed by atoms with Gasteiger partial charge in [0.2, 0.25) is 65.0 Å². The summed E-state index contributed by atoms with van der Waals surface area (Å²) in [5.74, 6) is -15.4. The predicted molar refractivity (Wildman–Crippen MR) is 301 cm³/mol. The van der Waals surface area contributed by atoms with Crippen molar-refractivity contribution >= 4 is 82.9 Å². The number of carbonyl (C=O) groups excluding carboxylic acids is 11. The number of aliphatic carboxylic acids is 2. The van der Waals surface area contributed by atoms with Gasteiger partial charge in [0.25, 0.3) is 0 Å². The topological polar surface area (TPSA) is 533 Å². The lowest BCUT2D eigenvalue weighted by molar-refractivity contribution is -0.143. The van der Waals surface area contributed by atoms with Gasteiger partial charge in [-0.05, 0) is 67.4 Å². The summed E-state index contributed by atoms with van der Waals surface area (Å²) in [6.07, 6.45) is -1.64. The summed E-state index contributed by atoms with van der Waals surface area (Å²) < 4.78 is 0. The molecule has 0 bridgehead atoms. The summed E-state index contributed by atoms with van der Waals surface area (Å²) in [5.41, 5.74) is 27.3. The molecule has 0 heterocycles. The Labute approximate surface area is 486 Å². The highest BCUT2D eigenvalue weighted by molar-refractivity contribution is 6.00. The van der Waals surface area contributed by atoms with E-state index < -0.39 is 181 Å². The number of aliphatic hydroxyl groups excluding tert-OH is 1. The van der Waals surface area contributed by atoms with Crippen molar-refractivity contribution in [3.05, 3.63) is 35.4 Å². The van der Waals surface area contributed by atoms with Crippen LogP contribution in [0.3, 0.4) is 0 Å². The first-order chi connectivity index (χ1) is 39.4. The van der Waals surface area contributed by atoms with Crippen LogP contribution in [0.25, 0.3) is 0 Å². The smallest absolute Gasteiger partial charge is 0.326 e. The maximum absolute atomic E-state index is 14.3. The summed E-state index contributed by atoms with van der Waals surface area (Å²) in [6, 6.07) is -5.32. The van der Waals surface area contributed by atoms with Crippen molar-refractivity contribution in [3.8, 4) is 0 Å². The molecule has 0 radical (unpaired) electrons. The predicted octanol–water partition coefficient (Wildman–Crippen LogP) is -5.25. The fourth-order valence-corrected chi connectivity index (χ4v) is 8.88. The number of hydrogen-bond donors (Lipinski definition) is 17. The molecule has 1 aromatic carbocycles. The van der Waals surface area contributed by atoms with E-state index in [-0.39, 0.29) is 56.9 Å². The molecule has 0 saturated carbocycles. The zero-order valence-corrected chi connectivity index (χ0v) is 48.2. The minimum atomic E-state index is -1.84. The molecule has 2 rings (SSSR count). The van der Waals surface area contributed by atoms with Crippen molar-refractivity contribution in [3.63, 3.8) is 0 Å². The molecule has 0 aromatic heterocycles. The number of hydrogen-bond acceptors (Lipinski definition) is 16. The van der Waals surface area contributed by atoms with Crippen molar-refractivity contribution in [1.82, 2.24) is 47.9 Å². The van der Waals surface area contributed by atoms with Crippen LogP contribution in [0.1, 0.15) is 117 Å². The number of carboxylic acid groups (broad SMARTS) is 2. The number of amides is 11. The average Bonchev–Trinajstić information content (AvgIpc) is 3.13. The summed E-state index contributed by atoms with van der Waals surface area (Å²) in [4.78, 5) is 175. The summed E-state index contributed by atoms with van der Waals surface area (Å²) in [6.45, 7) is 8.29. The Morgan fingerprint density at radius 2 is 1.14 bits per heavy atom. The van der Waals surface area contributed by atoms with Crippen LogP contribution in [0.4, 0.5) is 0 Å². The number of rotatable bonds is 37. The van der Waals surface area contributed by atoms with Crippen molar-refractivity contribution < 1.29 is 77.6 Å². The van der Waals surface area contributed by atoms with Gasteiger partial charge in [0, 0.05) is 19.4 Å². The zero-order chi connectivity index (χ0) is 63.6. The Hall–Kier alpha value is -8.48. The molecule has 11 atom stereocenters. The van der Waals surface area contributed by atoms with E-state index >= 15 is 0 Å². The van der Waals surface area contributed by atoms with Gasteiger partial charge in [-0.2, -0.15) is 0 Å². The van der Waals surface area contributed by atoms with Gasteiger partial charge in [-0.15, -0.1) is 0 Å². The van der Waals surface area contributed by atoms with Crippen molar-refractivity contribution in [2.75, 3.05) is 19.7 Å². The quantitative estimate of drug-likeness (QED) is 0.0168. The Morgan fingerprint density at radius 3 is 1.68 bits per heavy atom. The molecule has 84 heavy (non-hydrogen) atoms. The first-order valence-corrected chi connectivity index (χ1v) is 27.6. The van der Waals surface area contributed by atoms with Gasteiger partial charge < -0.3 is 91.8 Å². The lowest BCUT2D eigenvalue weighted by Gasteiger charge is -2.38. The lowest BCUT2D eigenvalue weighted by Crippen LogP contribution is -2.64. The number of aliphatic imine (C=N–C) groups is 1. The molecule has 0 spiro atoms. The molecule has 1 aromatic rings. The minimum Gasteiger partial charge on any atom is -0.481 e. The Kier molecular flexibility index (Phi) is 29.7. The van der Waals surface area contributed by atoms with Crippen LogP contribution in [0, 0.1) is 17.8 Å². The van der Waals surface area contributed by atoms with Crippen molar-refractivity contribution in [2.45, 2.75) is 172 Å². The fraction of sp³-hybridized carbons (Fsp3) is 0.623. The number of carboxylic acids is 2. The van der Waals surface area contributed by atoms with Gasteiger partial charge in [0.15, 0.2) is 5.96 Å².